The Kier molecular flexibility index (Phi) is 10.8. The van der Waals surface area contributed by atoms with Gasteiger partial charge in [0.15, 0.2) is 0 Å². The predicted octanol–water partition coefficient (Wildman–Crippen LogP) is 4.70. The van der Waals surface area contributed by atoms with E-state index in [2.05, 4.69) is 21.1 Å². The second kappa shape index (κ2) is 12.2. The van der Waals surface area contributed by atoms with Crippen LogP contribution in [0.3, 0.4) is 0 Å². The van der Waals surface area contributed by atoms with Crippen LogP contribution in [0.1, 0.15) is 12.5 Å². The summed E-state index contributed by atoms with van der Waals surface area (Å²) in [4.78, 5) is 4.31. The average molecular weight is 489 g/mol. The monoisotopic (exact) mass is 487 g/mol. The highest BCUT2D eigenvalue weighted by molar-refractivity contribution is 7.89. The third-order valence-electron chi connectivity index (χ3n) is 4.21. The van der Waals surface area contributed by atoms with Crippen LogP contribution in [0.15, 0.2) is 71.4 Å². The van der Waals surface area contributed by atoms with Gasteiger partial charge >= 0.3 is 0 Å². The summed E-state index contributed by atoms with van der Waals surface area (Å²) in [5.74, 6) is 0. The fourth-order valence-electron chi connectivity index (χ4n) is 2.86. The van der Waals surface area contributed by atoms with Gasteiger partial charge in [-0.05, 0) is 36.8 Å². The summed E-state index contributed by atoms with van der Waals surface area (Å²) in [6, 6.07) is 14.5. The number of hydrogen-bond acceptors (Lipinski definition) is 4. The third kappa shape index (κ3) is 7.23. The van der Waals surface area contributed by atoms with Crippen molar-refractivity contribution in [3.63, 3.8) is 0 Å². The van der Waals surface area contributed by atoms with Gasteiger partial charge in [-0.3, -0.25) is 4.98 Å². The van der Waals surface area contributed by atoms with E-state index in [1.54, 1.807) is 30.6 Å². The first kappa shape index (κ1) is 26.4. The Bertz CT molecular complexity index is 1080. The minimum Gasteiger partial charge on any atom is -0.312 e. The molecule has 0 amide bonds. The molecule has 0 saturated heterocycles. The van der Waals surface area contributed by atoms with Gasteiger partial charge in [-0.15, -0.1) is 24.8 Å². The SMILES string of the molecule is CC(=Cc1ccc(Cl)cc1)CNCCNS(=O)(=O)c1cccc2cnccc12.Cl.Cl. The maximum atomic E-state index is 12.6. The molecular formula is C21H24Cl3N3O2S. The number of hydrogen-bond donors (Lipinski definition) is 2. The summed E-state index contributed by atoms with van der Waals surface area (Å²) < 4.78 is 27.9. The number of fused-ring (bicyclic) bond motifs is 1. The van der Waals surface area contributed by atoms with Crippen molar-refractivity contribution in [1.29, 1.82) is 0 Å². The molecule has 1 heterocycles. The number of pyridine rings is 1. The van der Waals surface area contributed by atoms with E-state index in [1.807, 2.05) is 37.3 Å². The van der Waals surface area contributed by atoms with Crippen LogP contribution in [0.5, 0.6) is 0 Å². The Morgan fingerprint density at radius 3 is 2.53 bits per heavy atom. The molecule has 0 radical (unpaired) electrons. The Labute approximate surface area is 194 Å². The van der Waals surface area contributed by atoms with E-state index >= 15 is 0 Å². The number of aromatic nitrogens is 1. The molecule has 9 heteroatoms. The topological polar surface area (TPSA) is 71.1 Å². The van der Waals surface area contributed by atoms with E-state index in [4.69, 9.17) is 11.6 Å². The largest absolute Gasteiger partial charge is 0.312 e. The van der Waals surface area contributed by atoms with Gasteiger partial charge in [0.05, 0.1) is 4.90 Å². The van der Waals surface area contributed by atoms with E-state index in [-0.39, 0.29) is 29.7 Å². The van der Waals surface area contributed by atoms with Gasteiger partial charge in [0.2, 0.25) is 10.0 Å². The second-order valence-corrected chi connectivity index (χ2v) is 8.64. The minimum atomic E-state index is -3.59. The molecule has 5 nitrogen and oxygen atoms in total. The van der Waals surface area contributed by atoms with Crippen molar-refractivity contribution in [2.45, 2.75) is 11.8 Å². The molecule has 2 N–H and O–H groups in total. The van der Waals surface area contributed by atoms with Gasteiger partial charge in [0.1, 0.15) is 0 Å². The number of halogens is 3. The van der Waals surface area contributed by atoms with Crippen molar-refractivity contribution in [3.05, 3.63) is 77.1 Å². The van der Waals surface area contributed by atoms with Crippen LogP contribution in [0.4, 0.5) is 0 Å². The predicted molar refractivity (Wildman–Crippen MR) is 129 cm³/mol. The van der Waals surface area contributed by atoms with Crippen LogP contribution < -0.4 is 10.0 Å². The van der Waals surface area contributed by atoms with Gasteiger partial charge in [-0.1, -0.05) is 47.5 Å². The molecule has 0 atom stereocenters. The van der Waals surface area contributed by atoms with Crippen molar-refractivity contribution >= 4 is 63.3 Å². The summed E-state index contributed by atoms with van der Waals surface area (Å²) >= 11 is 5.89. The third-order valence-corrected chi connectivity index (χ3v) is 5.98. The Morgan fingerprint density at radius 2 is 1.80 bits per heavy atom. The lowest BCUT2D eigenvalue weighted by Crippen LogP contribution is -2.32. The zero-order valence-electron chi connectivity index (χ0n) is 16.3. The molecular weight excluding hydrogens is 465 g/mol. The summed E-state index contributed by atoms with van der Waals surface area (Å²) in [7, 11) is -3.59. The fourth-order valence-corrected chi connectivity index (χ4v) is 4.24. The number of nitrogens with one attached hydrogen (secondary N) is 2. The van der Waals surface area contributed by atoms with Gasteiger partial charge in [0.25, 0.3) is 0 Å². The smallest absolute Gasteiger partial charge is 0.241 e. The normalized spacial score (nSPS) is 11.6. The Hall–Kier alpha value is -1.67. The van der Waals surface area contributed by atoms with Crippen molar-refractivity contribution in [1.82, 2.24) is 15.0 Å². The van der Waals surface area contributed by atoms with E-state index in [9.17, 15) is 8.42 Å². The molecule has 0 spiro atoms. The first-order chi connectivity index (χ1) is 13.5. The lowest BCUT2D eigenvalue weighted by Gasteiger charge is -2.10. The summed E-state index contributed by atoms with van der Waals surface area (Å²) in [6.45, 7) is 3.52. The highest BCUT2D eigenvalue weighted by Crippen LogP contribution is 2.21. The molecule has 2 aromatic carbocycles. The van der Waals surface area contributed by atoms with Crippen molar-refractivity contribution in [2.75, 3.05) is 19.6 Å². The van der Waals surface area contributed by atoms with Crippen LogP contribution >= 0.6 is 36.4 Å². The van der Waals surface area contributed by atoms with Gasteiger partial charge in [0, 0.05) is 47.8 Å². The molecule has 0 bridgehead atoms. The van der Waals surface area contributed by atoms with E-state index in [0.717, 1.165) is 16.5 Å². The van der Waals surface area contributed by atoms with E-state index in [0.29, 0.717) is 30.0 Å². The molecule has 3 rings (SSSR count). The molecule has 0 aliphatic rings. The number of nitrogens with zero attached hydrogens (tertiary/aromatic N) is 1. The maximum Gasteiger partial charge on any atom is 0.241 e. The van der Waals surface area contributed by atoms with Crippen molar-refractivity contribution < 1.29 is 8.42 Å². The van der Waals surface area contributed by atoms with E-state index < -0.39 is 10.0 Å². The zero-order valence-corrected chi connectivity index (χ0v) is 19.5. The lowest BCUT2D eigenvalue weighted by molar-refractivity contribution is 0.579. The molecule has 0 fully saturated rings. The fraction of sp³-hybridized carbons (Fsp3) is 0.190. The number of benzene rings is 2. The standard InChI is InChI=1S/C21H22ClN3O2S.2ClH/c1-16(13-17-5-7-19(22)8-6-17)14-24-11-12-25-28(26,27)21-4-2-3-18-15-23-10-9-20(18)21;;/h2-10,13,15,24-25H,11-12,14H2,1H3;2*1H. The lowest BCUT2D eigenvalue weighted by atomic mass is 10.1. The molecule has 0 aliphatic carbocycles. The number of sulfonamides is 1. The first-order valence-corrected chi connectivity index (χ1v) is 10.8. The molecule has 162 valence electrons. The average Bonchev–Trinajstić information content (AvgIpc) is 2.69. The molecule has 0 unspecified atom stereocenters. The van der Waals surface area contributed by atoms with Crippen LogP contribution in [0.2, 0.25) is 5.02 Å². The Morgan fingerprint density at radius 1 is 1.07 bits per heavy atom. The van der Waals surface area contributed by atoms with Gasteiger partial charge in [-0.2, -0.15) is 0 Å². The van der Waals surface area contributed by atoms with E-state index in [1.165, 1.54) is 0 Å². The molecule has 0 saturated carbocycles. The maximum absolute atomic E-state index is 12.6. The highest BCUT2D eigenvalue weighted by Gasteiger charge is 2.16. The van der Waals surface area contributed by atoms with Gasteiger partial charge < -0.3 is 5.32 Å². The Balaban J connectivity index is 0.00000225. The number of rotatable bonds is 8. The second-order valence-electron chi connectivity index (χ2n) is 6.47. The highest BCUT2D eigenvalue weighted by atomic mass is 35.5. The minimum absolute atomic E-state index is 0. The molecule has 1 aromatic heterocycles. The van der Waals surface area contributed by atoms with Crippen LogP contribution in [-0.4, -0.2) is 33.0 Å². The van der Waals surface area contributed by atoms with Crippen LogP contribution in [-0.2, 0) is 10.0 Å². The van der Waals surface area contributed by atoms with Crippen LogP contribution in [0.25, 0.3) is 16.8 Å². The molecule has 0 aliphatic heterocycles. The van der Waals surface area contributed by atoms with Crippen LogP contribution in [0, 0.1) is 0 Å². The summed E-state index contributed by atoms with van der Waals surface area (Å²) in [5.41, 5.74) is 2.22. The zero-order chi connectivity index (χ0) is 20.0. The summed E-state index contributed by atoms with van der Waals surface area (Å²) in [6.07, 6.45) is 5.32. The van der Waals surface area contributed by atoms with Gasteiger partial charge in [-0.25, -0.2) is 13.1 Å². The summed E-state index contributed by atoms with van der Waals surface area (Å²) in [5, 5.41) is 5.42. The van der Waals surface area contributed by atoms with Crippen molar-refractivity contribution in [2.24, 2.45) is 0 Å². The molecule has 3 aromatic rings. The first-order valence-electron chi connectivity index (χ1n) is 8.91. The molecule has 30 heavy (non-hydrogen) atoms. The quantitative estimate of drug-likeness (QED) is 0.451. The van der Waals surface area contributed by atoms with Crippen molar-refractivity contribution in [3.8, 4) is 0 Å².